The van der Waals surface area contributed by atoms with Crippen molar-refractivity contribution in [1.82, 2.24) is 0 Å². The van der Waals surface area contributed by atoms with Crippen LogP contribution in [0.1, 0.15) is 11.1 Å². The molecule has 31 heavy (non-hydrogen) atoms. The number of fused-ring (bicyclic) bond motifs is 1. The largest absolute Gasteiger partial charge is 0.493 e. The SMILES string of the molecule is COc1ccc(-c2oc3cc(C)ccc3c(=O)c2OCc2ccccc2F)cc1OC. The highest BCUT2D eigenvalue weighted by molar-refractivity contribution is 5.83. The molecule has 0 fully saturated rings. The van der Waals surface area contributed by atoms with Crippen molar-refractivity contribution in [1.29, 1.82) is 0 Å². The molecule has 1 aromatic heterocycles. The fourth-order valence-electron chi connectivity index (χ4n) is 3.35. The molecule has 0 amide bonds. The molecular formula is C25H21FO5. The second kappa shape index (κ2) is 8.52. The highest BCUT2D eigenvalue weighted by Gasteiger charge is 2.20. The molecule has 1 heterocycles. The van der Waals surface area contributed by atoms with Gasteiger partial charge in [0.05, 0.1) is 19.6 Å². The first-order valence-electron chi connectivity index (χ1n) is 9.68. The third-order valence-corrected chi connectivity index (χ3v) is 4.98. The van der Waals surface area contributed by atoms with E-state index in [0.29, 0.717) is 33.6 Å². The highest BCUT2D eigenvalue weighted by Crippen LogP contribution is 2.37. The number of hydrogen-bond donors (Lipinski definition) is 0. The number of methoxy groups -OCH3 is 2. The lowest BCUT2D eigenvalue weighted by atomic mass is 10.1. The second-order valence-electron chi connectivity index (χ2n) is 7.04. The highest BCUT2D eigenvalue weighted by atomic mass is 19.1. The van der Waals surface area contributed by atoms with E-state index in [4.69, 9.17) is 18.6 Å². The van der Waals surface area contributed by atoms with Gasteiger partial charge in [0, 0.05) is 11.1 Å². The Morgan fingerprint density at radius 2 is 1.71 bits per heavy atom. The summed E-state index contributed by atoms with van der Waals surface area (Å²) >= 11 is 0. The van der Waals surface area contributed by atoms with Gasteiger partial charge < -0.3 is 18.6 Å². The van der Waals surface area contributed by atoms with E-state index in [1.165, 1.54) is 13.2 Å². The maximum Gasteiger partial charge on any atom is 0.235 e. The lowest BCUT2D eigenvalue weighted by Crippen LogP contribution is -2.11. The molecule has 0 N–H and O–H groups in total. The molecule has 158 valence electrons. The predicted octanol–water partition coefficient (Wildman–Crippen LogP) is 5.50. The van der Waals surface area contributed by atoms with E-state index in [1.54, 1.807) is 55.6 Å². The van der Waals surface area contributed by atoms with Crippen LogP contribution >= 0.6 is 0 Å². The van der Waals surface area contributed by atoms with Crippen LogP contribution in [0.3, 0.4) is 0 Å². The number of ether oxygens (including phenoxy) is 3. The minimum Gasteiger partial charge on any atom is -0.493 e. The van der Waals surface area contributed by atoms with Crippen LogP contribution in [0.15, 0.2) is 69.9 Å². The molecular weight excluding hydrogens is 399 g/mol. The number of aryl methyl sites for hydroxylation is 1. The average molecular weight is 420 g/mol. The Morgan fingerprint density at radius 1 is 0.935 bits per heavy atom. The minimum absolute atomic E-state index is 0.00632. The molecule has 0 aliphatic heterocycles. The molecule has 5 nitrogen and oxygen atoms in total. The van der Waals surface area contributed by atoms with E-state index in [0.717, 1.165) is 5.56 Å². The molecule has 0 saturated carbocycles. The van der Waals surface area contributed by atoms with Crippen LogP contribution in [-0.2, 0) is 6.61 Å². The van der Waals surface area contributed by atoms with E-state index in [2.05, 4.69) is 0 Å². The third kappa shape index (κ3) is 3.97. The van der Waals surface area contributed by atoms with Gasteiger partial charge in [0.25, 0.3) is 0 Å². The van der Waals surface area contributed by atoms with Crippen molar-refractivity contribution in [2.24, 2.45) is 0 Å². The number of benzene rings is 3. The lowest BCUT2D eigenvalue weighted by molar-refractivity contribution is 0.292. The van der Waals surface area contributed by atoms with Crippen LogP contribution in [0, 0.1) is 12.7 Å². The third-order valence-electron chi connectivity index (χ3n) is 4.98. The van der Waals surface area contributed by atoms with Crippen LogP contribution in [0.2, 0.25) is 0 Å². The van der Waals surface area contributed by atoms with Crippen molar-refractivity contribution in [2.75, 3.05) is 14.2 Å². The normalized spacial score (nSPS) is 10.8. The van der Waals surface area contributed by atoms with Crippen LogP contribution in [0.25, 0.3) is 22.3 Å². The van der Waals surface area contributed by atoms with Gasteiger partial charge in [-0.05, 0) is 48.9 Å². The van der Waals surface area contributed by atoms with E-state index in [1.807, 2.05) is 13.0 Å². The maximum absolute atomic E-state index is 14.1. The average Bonchev–Trinajstić information content (AvgIpc) is 2.78. The van der Waals surface area contributed by atoms with Crippen LogP contribution in [-0.4, -0.2) is 14.2 Å². The van der Waals surface area contributed by atoms with Crippen LogP contribution < -0.4 is 19.6 Å². The van der Waals surface area contributed by atoms with Crippen molar-refractivity contribution >= 4 is 11.0 Å². The van der Waals surface area contributed by atoms with Crippen molar-refractivity contribution in [2.45, 2.75) is 13.5 Å². The molecule has 0 spiro atoms. The Morgan fingerprint density at radius 3 is 2.45 bits per heavy atom. The van der Waals surface area contributed by atoms with Gasteiger partial charge in [-0.15, -0.1) is 0 Å². The van der Waals surface area contributed by atoms with Crippen LogP contribution in [0.4, 0.5) is 4.39 Å². The summed E-state index contributed by atoms with van der Waals surface area (Å²) in [6.07, 6.45) is 0. The quantitative estimate of drug-likeness (QED) is 0.412. The molecule has 0 aliphatic rings. The van der Waals surface area contributed by atoms with Crippen molar-refractivity contribution in [3.63, 3.8) is 0 Å². The van der Waals surface area contributed by atoms with Crippen molar-refractivity contribution < 1.29 is 23.0 Å². The number of hydrogen-bond acceptors (Lipinski definition) is 5. The van der Waals surface area contributed by atoms with Gasteiger partial charge >= 0.3 is 0 Å². The van der Waals surface area contributed by atoms with E-state index < -0.39 is 5.82 Å². The van der Waals surface area contributed by atoms with Crippen molar-refractivity contribution in [3.05, 3.63) is 87.8 Å². The Hall–Kier alpha value is -3.80. The Bertz CT molecular complexity index is 1310. The summed E-state index contributed by atoms with van der Waals surface area (Å²) in [4.78, 5) is 13.3. The summed E-state index contributed by atoms with van der Waals surface area (Å²) in [5, 5.41) is 0.387. The standard InChI is InChI=1S/C25H21FO5/c1-15-8-10-18-21(12-15)31-24(16-9-11-20(28-2)22(13-16)29-3)25(23(18)27)30-14-17-6-4-5-7-19(17)26/h4-13H,14H2,1-3H3. The van der Waals surface area contributed by atoms with E-state index in [9.17, 15) is 9.18 Å². The second-order valence-corrected chi connectivity index (χ2v) is 7.04. The maximum atomic E-state index is 14.1. The summed E-state index contributed by atoms with van der Waals surface area (Å²) in [6.45, 7) is 1.80. The fourth-order valence-corrected chi connectivity index (χ4v) is 3.35. The molecule has 0 atom stereocenters. The van der Waals surface area contributed by atoms with Gasteiger partial charge in [0.2, 0.25) is 11.2 Å². The molecule has 0 unspecified atom stereocenters. The van der Waals surface area contributed by atoms with Gasteiger partial charge in [-0.3, -0.25) is 4.79 Å². The first-order valence-corrected chi connectivity index (χ1v) is 9.68. The first-order chi connectivity index (χ1) is 15.0. The Labute approximate surface area is 178 Å². The minimum atomic E-state index is -0.407. The zero-order valence-electron chi connectivity index (χ0n) is 17.4. The molecule has 0 radical (unpaired) electrons. The zero-order chi connectivity index (χ0) is 22.0. The number of halogens is 1. The summed E-state index contributed by atoms with van der Waals surface area (Å²) < 4.78 is 36.7. The molecule has 0 bridgehead atoms. The predicted molar refractivity (Wildman–Crippen MR) is 116 cm³/mol. The molecule has 0 aliphatic carbocycles. The molecule has 4 rings (SSSR count). The summed E-state index contributed by atoms with van der Waals surface area (Å²) in [7, 11) is 3.07. The summed E-state index contributed by atoms with van der Waals surface area (Å²) in [5.74, 6) is 0.856. The first kappa shape index (κ1) is 20.5. The number of rotatable bonds is 6. The lowest BCUT2D eigenvalue weighted by Gasteiger charge is -2.14. The zero-order valence-corrected chi connectivity index (χ0v) is 17.4. The van der Waals surface area contributed by atoms with Gasteiger partial charge in [0.1, 0.15) is 18.0 Å². The molecule has 3 aromatic carbocycles. The monoisotopic (exact) mass is 420 g/mol. The van der Waals surface area contributed by atoms with Gasteiger partial charge in [-0.25, -0.2) is 4.39 Å². The summed E-state index contributed by atoms with van der Waals surface area (Å²) in [5.41, 5.74) is 1.97. The van der Waals surface area contributed by atoms with Crippen LogP contribution in [0.5, 0.6) is 17.2 Å². The summed E-state index contributed by atoms with van der Waals surface area (Å²) in [6, 6.07) is 16.8. The molecule has 0 saturated heterocycles. The fraction of sp³-hybridized carbons (Fsp3) is 0.160. The molecule has 4 aromatic rings. The van der Waals surface area contributed by atoms with Gasteiger partial charge in [0.15, 0.2) is 17.3 Å². The van der Waals surface area contributed by atoms with Gasteiger partial charge in [-0.1, -0.05) is 24.3 Å². The topological polar surface area (TPSA) is 57.9 Å². The Balaban J connectivity index is 1.89. The van der Waals surface area contributed by atoms with E-state index in [-0.39, 0.29) is 23.5 Å². The molecule has 6 heteroatoms. The Kier molecular flexibility index (Phi) is 5.62. The van der Waals surface area contributed by atoms with Crippen molar-refractivity contribution in [3.8, 4) is 28.6 Å². The smallest absolute Gasteiger partial charge is 0.235 e. The van der Waals surface area contributed by atoms with E-state index >= 15 is 0 Å². The van der Waals surface area contributed by atoms with Gasteiger partial charge in [-0.2, -0.15) is 0 Å².